The number of unbranched alkanes of at least 4 members (excludes halogenated alkanes) is 28. The van der Waals surface area contributed by atoms with Gasteiger partial charge in [-0.3, -0.25) is 14.4 Å². The highest BCUT2D eigenvalue weighted by atomic mass is 16.6. The van der Waals surface area contributed by atoms with Gasteiger partial charge < -0.3 is 14.2 Å². The van der Waals surface area contributed by atoms with Crippen molar-refractivity contribution < 1.29 is 28.6 Å². The van der Waals surface area contributed by atoms with Gasteiger partial charge in [0, 0.05) is 19.3 Å². The van der Waals surface area contributed by atoms with Crippen molar-refractivity contribution in [3.63, 3.8) is 0 Å². The first kappa shape index (κ1) is 63.8. The molecule has 1 atom stereocenters. The van der Waals surface area contributed by atoms with Gasteiger partial charge in [-0.2, -0.15) is 0 Å². The Bertz CT molecular complexity index is 1260. The van der Waals surface area contributed by atoms with Crippen molar-refractivity contribution in [3.05, 3.63) is 72.9 Å². The van der Waals surface area contributed by atoms with E-state index in [1.165, 1.54) is 141 Å². The standard InChI is InChI=1S/C61H106O6/c1-4-7-10-13-16-19-22-25-28-30-32-33-36-39-42-45-48-51-54-60(63)66-57-58(56-65-59(62)53-50-47-44-41-38-35-27-24-21-18-15-12-9-6-3)67-61(64)55-52-49-46-43-40-37-34-31-29-26-23-20-17-14-11-8-5-2/h15,17-18,20,24,26-27,29,34,37,43,46,58H,4-14,16,19,21-23,25,28,30-33,35-36,38-42,44-45,47-57H2,1-3H3/b18-15-,20-17-,27-24-,29-26-,37-34-,46-43-/t58-/m1/s1. The Kier molecular flexibility index (Phi) is 52.8. The SMILES string of the molecule is CCCC/C=C\C/C=C\CCCCCCCC(=O)OC[C@H](COC(=O)CCCCCCCCCCCCCCCCCCCC)OC(=O)CCC/C=C\C/C=C\C/C=C\C/C=C\CCCCC. The van der Waals surface area contributed by atoms with Crippen molar-refractivity contribution in [3.8, 4) is 0 Å². The average molecular weight is 936 g/mol. The third-order valence-corrected chi connectivity index (χ3v) is 12.2. The number of rotatable bonds is 51. The largest absolute Gasteiger partial charge is 0.462 e. The van der Waals surface area contributed by atoms with E-state index in [9.17, 15) is 14.4 Å². The van der Waals surface area contributed by atoms with Gasteiger partial charge in [0.1, 0.15) is 13.2 Å². The Morgan fingerprint density at radius 2 is 0.567 bits per heavy atom. The summed E-state index contributed by atoms with van der Waals surface area (Å²) in [6.07, 6.45) is 70.4. The summed E-state index contributed by atoms with van der Waals surface area (Å²) in [6.45, 7) is 6.53. The predicted molar refractivity (Wildman–Crippen MR) is 288 cm³/mol. The first-order valence-electron chi connectivity index (χ1n) is 28.4. The predicted octanol–water partition coefficient (Wildman–Crippen LogP) is 19.0. The molecule has 0 aromatic heterocycles. The van der Waals surface area contributed by atoms with Crippen LogP contribution >= 0.6 is 0 Å². The van der Waals surface area contributed by atoms with Gasteiger partial charge in [0.15, 0.2) is 6.10 Å². The van der Waals surface area contributed by atoms with Gasteiger partial charge in [-0.15, -0.1) is 0 Å². The molecule has 0 fully saturated rings. The fourth-order valence-electron chi connectivity index (χ4n) is 7.86. The van der Waals surface area contributed by atoms with Gasteiger partial charge in [0.05, 0.1) is 0 Å². The number of esters is 3. The second-order valence-electron chi connectivity index (χ2n) is 18.8. The van der Waals surface area contributed by atoms with Gasteiger partial charge in [-0.25, -0.2) is 0 Å². The number of allylic oxidation sites excluding steroid dienone is 12. The van der Waals surface area contributed by atoms with Crippen molar-refractivity contribution in [2.75, 3.05) is 13.2 Å². The van der Waals surface area contributed by atoms with Crippen LogP contribution < -0.4 is 0 Å². The Labute approximate surface area is 414 Å². The zero-order valence-corrected chi connectivity index (χ0v) is 44.2. The van der Waals surface area contributed by atoms with Gasteiger partial charge in [-0.05, 0) is 83.5 Å². The fraction of sp³-hybridized carbons (Fsp3) is 0.754. The van der Waals surface area contributed by atoms with Crippen LogP contribution in [-0.2, 0) is 28.6 Å². The number of carbonyl (C=O) groups excluding carboxylic acids is 3. The molecule has 0 aliphatic rings. The van der Waals surface area contributed by atoms with E-state index in [-0.39, 0.29) is 37.5 Å². The number of ether oxygens (including phenoxy) is 3. The highest BCUT2D eigenvalue weighted by Crippen LogP contribution is 2.16. The summed E-state index contributed by atoms with van der Waals surface area (Å²) in [5, 5.41) is 0. The molecule has 386 valence electrons. The van der Waals surface area contributed by atoms with E-state index in [1.807, 2.05) is 0 Å². The van der Waals surface area contributed by atoms with Crippen LogP contribution in [0.4, 0.5) is 0 Å². The zero-order valence-electron chi connectivity index (χ0n) is 44.2. The monoisotopic (exact) mass is 935 g/mol. The van der Waals surface area contributed by atoms with Crippen LogP contribution in [0.1, 0.15) is 278 Å². The normalized spacial score (nSPS) is 12.6. The van der Waals surface area contributed by atoms with E-state index in [0.29, 0.717) is 19.3 Å². The molecule has 0 heterocycles. The maximum absolute atomic E-state index is 12.8. The summed E-state index contributed by atoms with van der Waals surface area (Å²) >= 11 is 0. The van der Waals surface area contributed by atoms with Crippen LogP contribution in [0.3, 0.4) is 0 Å². The van der Waals surface area contributed by atoms with Crippen molar-refractivity contribution in [1.82, 2.24) is 0 Å². The smallest absolute Gasteiger partial charge is 0.306 e. The summed E-state index contributed by atoms with van der Waals surface area (Å²) in [5.74, 6) is -0.962. The highest BCUT2D eigenvalue weighted by molar-refractivity contribution is 5.71. The topological polar surface area (TPSA) is 78.9 Å². The third kappa shape index (κ3) is 53.7. The molecule has 0 spiro atoms. The second kappa shape index (κ2) is 55.4. The van der Waals surface area contributed by atoms with Crippen LogP contribution in [-0.4, -0.2) is 37.2 Å². The molecule has 0 aromatic carbocycles. The van der Waals surface area contributed by atoms with Crippen LogP contribution in [0.5, 0.6) is 0 Å². The Hall–Kier alpha value is -3.15. The maximum Gasteiger partial charge on any atom is 0.306 e. The highest BCUT2D eigenvalue weighted by Gasteiger charge is 2.19. The van der Waals surface area contributed by atoms with Crippen LogP contribution in [0.25, 0.3) is 0 Å². The molecule has 67 heavy (non-hydrogen) atoms. The zero-order chi connectivity index (χ0) is 48.6. The van der Waals surface area contributed by atoms with Crippen molar-refractivity contribution in [1.29, 1.82) is 0 Å². The Morgan fingerprint density at radius 1 is 0.299 bits per heavy atom. The van der Waals surface area contributed by atoms with Gasteiger partial charge >= 0.3 is 17.9 Å². The van der Waals surface area contributed by atoms with E-state index < -0.39 is 6.10 Å². The van der Waals surface area contributed by atoms with Gasteiger partial charge in [0.2, 0.25) is 0 Å². The maximum atomic E-state index is 12.8. The van der Waals surface area contributed by atoms with Crippen molar-refractivity contribution in [2.24, 2.45) is 0 Å². The molecule has 0 amide bonds. The van der Waals surface area contributed by atoms with E-state index in [4.69, 9.17) is 14.2 Å². The number of hydrogen-bond acceptors (Lipinski definition) is 6. The lowest BCUT2D eigenvalue weighted by atomic mass is 10.0. The van der Waals surface area contributed by atoms with Crippen molar-refractivity contribution in [2.45, 2.75) is 284 Å². The summed E-state index contributed by atoms with van der Waals surface area (Å²) in [7, 11) is 0. The molecule has 0 saturated heterocycles. The van der Waals surface area contributed by atoms with Crippen LogP contribution in [0, 0.1) is 0 Å². The molecule has 0 rings (SSSR count). The van der Waals surface area contributed by atoms with Gasteiger partial charge in [-0.1, -0.05) is 248 Å². The minimum atomic E-state index is -0.808. The molecule has 0 aliphatic heterocycles. The second-order valence-corrected chi connectivity index (χ2v) is 18.8. The minimum absolute atomic E-state index is 0.0995. The molecule has 0 bridgehead atoms. The quantitative estimate of drug-likeness (QED) is 0.0262. The minimum Gasteiger partial charge on any atom is -0.462 e. The fourth-order valence-corrected chi connectivity index (χ4v) is 7.86. The van der Waals surface area contributed by atoms with E-state index in [2.05, 4.69) is 93.7 Å². The van der Waals surface area contributed by atoms with E-state index in [1.54, 1.807) is 0 Å². The molecule has 0 unspecified atom stereocenters. The van der Waals surface area contributed by atoms with Crippen LogP contribution in [0.15, 0.2) is 72.9 Å². The summed E-state index contributed by atoms with van der Waals surface area (Å²) < 4.78 is 16.8. The number of carbonyl (C=O) groups is 3. The molecular weight excluding hydrogens is 829 g/mol. The first-order chi connectivity index (χ1) is 33.0. The Balaban J connectivity index is 4.45. The Morgan fingerprint density at radius 3 is 0.955 bits per heavy atom. The van der Waals surface area contributed by atoms with E-state index in [0.717, 1.165) is 89.9 Å². The molecular formula is C61H106O6. The number of hydrogen-bond donors (Lipinski definition) is 0. The lowest BCUT2D eigenvalue weighted by Gasteiger charge is -2.18. The third-order valence-electron chi connectivity index (χ3n) is 12.2. The lowest BCUT2D eigenvalue weighted by molar-refractivity contribution is -0.167. The molecule has 6 heteroatoms. The summed E-state index contributed by atoms with van der Waals surface area (Å²) in [5.41, 5.74) is 0. The van der Waals surface area contributed by atoms with E-state index >= 15 is 0 Å². The average Bonchev–Trinajstić information content (AvgIpc) is 3.33. The van der Waals surface area contributed by atoms with Crippen molar-refractivity contribution >= 4 is 17.9 Å². The molecule has 0 N–H and O–H groups in total. The summed E-state index contributed by atoms with van der Waals surface area (Å²) in [6, 6.07) is 0. The van der Waals surface area contributed by atoms with Crippen LogP contribution in [0.2, 0.25) is 0 Å². The molecule has 0 aromatic rings. The first-order valence-corrected chi connectivity index (χ1v) is 28.4. The molecule has 0 aliphatic carbocycles. The summed E-state index contributed by atoms with van der Waals surface area (Å²) in [4.78, 5) is 38.1. The van der Waals surface area contributed by atoms with Gasteiger partial charge in [0.25, 0.3) is 0 Å². The molecule has 0 saturated carbocycles. The molecule has 6 nitrogen and oxygen atoms in total. The lowest BCUT2D eigenvalue weighted by Crippen LogP contribution is -2.30. The molecule has 0 radical (unpaired) electrons.